The normalized spacial score (nSPS) is 31.8. The Morgan fingerprint density at radius 2 is 2.35 bits per heavy atom. The highest BCUT2D eigenvalue weighted by Gasteiger charge is 2.34. The first kappa shape index (κ1) is 14.0. The fourth-order valence-electron chi connectivity index (χ4n) is 3.75. The predicted octanol–water partition coefficient (Wildman–Crippen LogP) is 0.427. The van der Waals surface area contributed by atoms with Gasteiger partial charge in [0, 0.05) is 51.3 Å². The lowest BCUT2D eigenvalue weighted by Gasteiger charge is -2.27. The summed E-state index contributed by atoms with van der Waals surface area (Å²) in [7, 11) is 1.96. The molecule has 0 saturated carbocycles. The number of likely N-dealkylation sites (tertiary alicyclic amines) is 1. The number of aliphatic hydroxyl groups excluding tert-OH is 1. The largest absolute Gasteiger partial charge is 0.396 e. The highest BCUT2D eigenvalue weighted by atomic mass is 16.3. The molecule has 0 aromatic carbocycles. The third-order valence-electron chi connectivity index (χ3n) is 4.82. The van der Waals surface area contributed by atoms with Gasteiger partial charge in [-0.1, -0.05) is 0 Å². The standard InChI is InChI=1S/C15H26N4O/c1-18-8-13(6-17-18)15-10-19(9-14(15)11-20)7-12-3-2-4-16-5-12/h6,8,12,14-16,20H,2-5,7,9-11H2,1H3/t12?,14-,15-/m0/s1. The van der Waals surface area contributed by atoms with Gasteiger partial charge in [-0.05, 0) is 37.4 Å². The number of piperidine rings is 1. The maximum absolute atomic E-state index is 9.66. The Balaban J connectivity index is 1.61. The smallest absolute Gasteiger partial charge is 0.0525 e. The van der Waals surface area contributed by atoms with E-state index in [1.807, 2.05) is 17.9 Å². The minimum Gasteiger partial charge on any atom is -0.396 e. The van der Waals surface area contributed by atoms with Crippen molar-refractivity contribution in [2.24, 2.45) is 18.9 Å². The molecule has 2 saturated heterocycles. The molecule has 0 radical (unpaired) electrons. The first-order chi connectivity index (χ1) is 9.76. The molecule has 1 aromatic heterocycles. The zero-order chi connectivity index (χ0) is 13.9. The van der Waals surface area contributed by atoms with E-state index in [-0.39, 0.29) is 6.61 Å². The van der Waals surface area contributed by atoms with E-state index < -0.39 is 0 Å². The summed E-state index contributed by atoms with van der Waals surface area (Å²) in [5.74, 6) is 1.57. The molecule has 5 nitrogen and oxygen atoms in total. The second kappa shape index (κ2) is 6.24. The van der Waals surface area contributed by atoms with E-state index in [1.165, 1.54) is 31.5 Å². The van der Waals surface area contributed by atoms with E-state index >= 15 is 0 Å². The molecule has 2 aliphatic heterocycles. The molecule has 20 heavy (non-hydrogen) atoms. The average molecular weight is 278 g/mol. The van der Waals surface area contributed by atoms with Gasteiger partial charge in [0.2, 0.25) is 0 Å². The minimum atomic E-state index is 0.277. The van der Waals surface area contributed by atoms with Crippen LogP contribution in [0.25, 0.3) is 0 Å². The minimum absolute atomic E-state index is 0.277. The van der Waals surface area contributed by atoms with Crippen LogP contribution >= 0.6 is 0 Å². The highest BCUT2D eigenvalue weighted by molar-refractivity contribution is 5.16. The number of aryl methyl sites for hydroxylation is 1. The topological polar surface area (TPSA) is 53.3 Å². The number of hydrogen-bond acceptors (Lipinski definition) is 4. The van der Waals surface area contributed by atoms with E-state index in [0.29, 0.717) is 11.8 Å². The van der Waals surface area contributed by atoms with Crippen molar-refractivity contribution in [3.05, 3.63) is 18.0 Å². The monoisotopic (exact) mass is 278 g/mol. The lowest BCUT2D eigenvalue weighted by Crippen LogP contribution is -2.37. The van der Waals surface area contributed by atoms with Crippen molar-refractivity contribution in [1.29, 1.82) is 0 Å². The van der Waals surface area contributed by atoms with Gasteiger partial charge < -0.3 is 15.3 Å². The average Bonchev–Trinajstić information content (AvgIpc) is 3.06. The summed E-state index contributed by atoms with van der Waals surface area (Å²) >= 11 is 0. The summed E-state index contributed by atoms with van der Waals surface area (Å²) in [6, 6.07) is 0. The molecule has 112 valence electrons. The molecular weight excluding hydrogens is 252 g/mol. The Morgan fingerprint density at radius 1 is 1.45 bits per heavy atom. The van der Waals surface area contributed by atoms with Gasteiger partial charge in [0.05, 0.1) is 6.20 Å². The van der Waals surface area contributed by atoms with Gasteiger partial charge in [-0.2, -0.15) is 5.10 Å². The third-order valence-corrected chi connectivity index (χ3v) is 4.82. The van der Waals surface area contributed by atoms with Crippen LogP contribution in [0, 0.1) is 11.8 Å². The predicted molar refractivity (Wildman–Crippen MR) is 78.6 cm³/mol. The molecule has 5 heteroatoms. The molecular formula is C15H26N4O. The van der Waals surface area contributed by atoms with Crippen LogP contribution in [-0.4, -0.2) is 59.1 Å². The van der Waals surface area contributed by atoms with Crippen molar-refractivity contribution in [2.75, 3.05) is 39.3 Å². The van der Waals surface area contributed by atoms with Gasteiger partial charge in [0.15, 0.2) is 0 Å². The summed E-state index contributed by atoms with van der Waals surface area (Å²) in [6.45, 7) is 5.85. The fourth-order valence-corrected chi connectivity index (χ4v) is 3.75. The highest BCUT2D eigenvalue weighted by Crippen LogP contribution is 2.32. The van der Waals surface area contributed by atoms with Gasteiger partial charge in [-0.15, -0.1) is 0 Å². The Bertz CT molecular complexity index is 427. The first-order valence-corrected chi connectivity index (χ1v) is 7.78. The summed E-state index contributed by atoms with van der Waals surface area (Å²) in [6.07, 6.45) is 6.69. The van der Waals surface area contributed by atoms with Crippen LogP contribution in [0.3, 0.4) is 0 Å². The van der Waals surface area contributed by atoms with E-state index in [1.54, 1.807) is 0 Å². The Hall–Kier alpha value is -0.910. The summed E-state index contributed by atoms with van der Waals surface area (Å²) in [4.78, 5) is 2.54. The Labute approximate surface area is 121 Å². The van der Waals surface area contributed by atoms with Crippen molar-refractivity contribution in [1.82, 2.24) is 20.0 Å². The zero-order valence-corrected chi connectivity index (χ0v) is 12.3. The van der Waals surface area contributed by atoms with Crippen LogP contribution < -0.4 is 5.32 Å². The molecule has 0 aliphatic carbocycles. The number of aliphatic hydroxyl groups is 1. The Kier molecular flexibility index (Phi) is 4.38. The van der Waals surface area contributed by atoms with Crippen LogP contribution in [0.5, 0.6) is 0 Å². The van der Waals surface area contributed by atoms with E-state index in [9.17, 15) is 5.11 Å². The van der Waals surface area contributed by atoms with E-state index in [4.69, 9.17) is 0 Å². The van der Waals surface area contributed by atoms with Crippen LogP contribution in [-0.2, 0) is 7.05 Å². The molecule has 3 heterocycles. The molecule has 2 fully saturated rings. The van der Waals surface area contributed by atoms with Crippen molar-refractivity contribution < 1.29 is 5.11 Å². The van der Waals surface area contributed by atoms with Crippen molar-refractivity contribution >= 4 is 0 Å². The van der Waals surface area contributed by atoms with Crippen LogP contribution in [0.2, 0.25) is 0 Å². The van der Waals surface area contributed by atoms with E-state index in [0.717, 1.165) is 25.6 Å². The third kappa shape index (κ3) is 3.05. The maximum Gasteiger partial charge on any atom is 0.0525 e. The van der Waals surface area contributed by atoms with Crippen LogP contribution in [0.15, 0.2) is 12.4 Å². The lowest BCUT2D eigenvalue weighted by molar-refractivity contribution is 0.201. The number of aromatic nitrogens is 2. The van der Waals surface area contributed by atoms with Crippen LogP contribution in [0.4, 0.5) is 0 Å². The Morgan fingerprint density at radius 3 is 3.00 bits per heavy atom. The second-order valence-electron chi connectivity index (χ2n) is 6.43. The molecule has 0 amide bonds. The molecule has 0 bridgehead atoms. The van der Waals surface area contributed by atoms with Crippen LogP contribution in [0.1, 0.15) is 24.3 Å². The fraction of sp³-hybridized carbons (Fsp3) is 0.800. The van der Waals surface area contributed by atoms with Crippen molar-refractivity contribution in [2.45, 2.75) is 18.8 Å². The molecule has 0 spiro atoms. The summed E-state index contributed by atoms with van der Waals surface area (Å²) in [5.41, 5.74) is 1.27. The second-order valence-corrected chi connectivity index (χ2v) is 6.43. The van der Waals surface area contributed by atoms with Crippen molar-refractivity contribution in [3.63, 3.8) is 0 Å². The van der Waals surface area contributed by atoms with Gasteiger partial charge in [0.1, 0.15) is 0 Å². The summed E-state index contributed by atoms with van der Waals surface area (Å²) in [5, 5.41) is 17.4. The quantitative estimate of drug-likeness (QED) is 0.838. The van der Waals surface area contributed by atoms with Gasteiger partial charge in [0.25, 0.3) is 0 Å². The zero-order valence-electron chi connectivity index (χ0n) is 12.3. The summed E-state index contributed by atoms with van der Waals surface area (Å²) < 4.78 is 1.86. The first-order valence-electron chi connectivity index (χ1n) is 7.78. The molecule has 2 N–H and O–H groups in total. The molecule has 3 rings (SSSR count). The maximum atomic E-state index is 9.66. The molecule has 1 unspecified atom stereocenters. The van der Waals surface area contributed by atoms with Crippen molar-refractivity contribution in [3.8, 4) is 0 Å². The molecule has 2 aliphatic rings. The lowest BCUT2D eigenvalue weighted by atomic mass is 9.92. The molecule has 3 atom stereocenters. The number of nitrogens with zero attached hydrogens (tertiary/aromatic N) is 3. The number of rotatable bonds is 4. The van der Waals surface area contributed by atoms with Gasteiger partial charge in [-0.3, -0.25) is 4.68 Å². The molecule has 1 aromatic rings. The number of nitrogens with one attached hydrogen (secondary N) is 1. The van der Waals surface area contributed by atoms with Gasteiger partial charge >= 0.3 is 0 Å². The SMILES string of the molecule is Cn1cc([C@@H]2CN(CC3CCCNC3)C[C@H]2CO)cn1. The van der Waals surface area contributed by atoms with Gasteiger partial charge in [-0.25, -0.2) is 0 Å². The number of hydrogen-bond donors (Lipinski definition) is 2. The van der Waals surface area contributed by atoms with E-state index in [2.05, 4.69) is 21.5 Å².